The van der Waals surface area contributed by atoms with Gasteiger partial charge in [0, 0.05) is 32.6 Å². The van der Waals surface area contributed by atoms with Gasteiger partial charge in [-0.05, 0) is 18.9 Å². The summed E-state index contributed by atoms with van der Waals surface area (Å²) < 4.78 is 51.4. The Balaban J connectivity index is 2.02. The molecular formula is C23H30F3N5O3. The fourth-order valence-electron chi connectivity index (χ4n) is 3.48. The van der Waals surface area contributed by atoms with Gasteiger partial charge in [-0.3, -0.25) is 4.79 Å². The van der Waals surface area contributed by atoms with E-state index in [2.05, 4.69) is 20.6 Å². The molecule has 0 spiro atoms. The third-order valence-corrected chi connectivity index (χ3v) is 5.26. The maximum atomic E-state index is 13.4. The summed E-state index contributed by atoms with van der Waals surface area (Å²) in [6, 6.07) is 1.56. The van der Waals surface area contributed by atoms with E-state index in [-0.39, 0.29) is 29.7 Å². The summed E-state index contributed by atoms with van der Waals surface area (Å²) in [6.45, 7) is 5.73. The van der Waals surface area contributed by atoms with Gasteiger partial charge >= 0.3 is 6.18 Å². The molecule has 1 saturated heterocycles. The van der Waals surface area contributed by atoms with Gasteiger partial charge in [0.05, 0.1) is 18.8 Å². The van der Waals surface area contributed by atoms with Gasteiger partial charge < -0.3 is 24.7 Å². The molecule has 8 nitrogen and oxygen atoms in total. The van der Waals surface area contributed by atoms with Crippen molar-refractivity contribution in [3.63, 3.8) is 0 Å². The van der Waals surface area contributed by atoms with E-state index < -0.39 is 11.7 Å². The number of halogens is 3. The molecule has 11 heteroatoms. The summed E-state index contributed by atoms with van der Waals surface area (Å²) in [5.74, 6) is 0.686. The maximum absolute atomic E-state index is 13.4. The Labute approximate surface area is 196 Å². The Bertz CT molecular complexity index is 1060. The van der Waals surface area contributed by atoms with Crippen molar-refractivity contribution in [1.82, 2.24) is 15.3 Å². The lowest BCUT2D eigenvalue weighted by molar-refractivity contribution is -0.0885. The number of hydrogen-bond acceptors (Lipinski definition) is 8. The summed E-state index contributed by atoms with van der Waals surface area (Å²) in [5, 5.41) is 5.56. The number of hydrogen-bond donors (Lipinski definition) is 2. The van der Waals surface area contributed by atoms with E-state index in [1.165, 1.54) is 7.05 Å². The number of rotatable bonds is 10. The summed E-state index contributed by atoms with van der Waals surface area (Å²) in [4.78, 5) is 23.4. The lowest BCUT2D eigenvalue weighted by Gasteiger charge is -2.27. The molecule has 1 aliphatic rings. The SMILES string of the molecule is CC/C=C(\C=C(/NC)Nc1nc(N2CCOCC2)c2oc(C(=O)CCCC)cc2n1)C(F)(F)F. The highest BCUT2D eigenvalue weighted by atomic mass is 19.4. The van der Waals surface area contributed by atoms with Crippen molar-refractivity contribution in [3.05, 3.63) is 35.4 Å². The van der Waals surface area contributed by atoms with Crippen molar-refractivity contribution in [2.24, 2.45) is 0 Å². The number of ketones is 1. The molecule has 0 bridgehead atoms. The average Bonchev–Trinajstić information content (AvgIpc) is 3.25. The number of alkyl halides is 3. The molecule has 0 amide bonds. The molecule has 1 fully saturated rings. The Morgan fingerprint density at radius 3 is 2.59 bits per heavy atom. The highest BCUT2D eigenvalue weighted by molar-refractivity contribution is 5.98. The first-order valence-corrected chi connectivity index (χ1v) is 11.4. The zero-order valence-electron chi connectivity index (χ0n) is 19.6. The van der Waals surface area contributed by atoms with E-state index in [1.54, 1.807) is 13.0 Å². The molecule has 0 saturated carbocycles. The number of furan rings is 1. The van der Waals surface area contributed by atoms with Gasteiger partial charge in [0.1, 0.15) is 11.3 Å². The number of fused-ring (bicyclic) bond motifs is 1. The molecule has 0 aliphatic carbocycles. The van der Waals surface area contributed by atoms with Crippen molar-refractivity contribution in [2.45, 2.75) is 45.7 Å². The Kier molecular flexibility index (Phi) is 8.54. The standard InChI is InChI=1S/C23H30F3N5O3/c1-4-6-8-17(32)18-14-16-20(34-18)21(31-9-11-33-12-10-31)30-22(28-16)29-19(27-3)13-15(7-5-2)23(24,25)26/h7,13-14,27H,4-6,8-12H2,1-3H3,(H,28,29,30)/b15-7+,19-13+. The first-order chi connectivity index (χ1) is 16.3. The number of nitrogens with zero attached hydrogens (tertiary/aromatic N) is 3. The van der Waals surface area contributed by atoms with Gasteiger partial charge in [-0.2, -0.15) is 18.2 Å². The predicted molar refractivity (Wildman–Crippen MR) is 124 cm³/mol. The number of carbonyl (C=O) groups is 1. The number of aromatic nitrogens is 2. The fourth-order valence-corrected chi connectivity index (χ4v) is 3.48. The average molecular weight is 482 g/mol. The topological polar surface area (TPSA) is 92.5 Å². The van der Waals surface area contributed by atoms with E-state index in [0.717, 1.165) is 25.0 Å². The summed E-state index contributed by atoms with van der Waals surface area (Å²) in [7, 11) is 1.50. The minimum atomic E-state index is -4.50. The summed E-state index contributed by atoms with van der Waals surface area (Å²) in [5.41, 5.74) is -0.0213. The van der Waals surface area contributed by atoms with Crippen LogP contribution < -0.4 is 15.5 Å². The number of nitrogens with one attached hydrogen (secondary N) is 2. The summed E-state index contributed by atoms with van der Waals surface area (Å²) >= 11 is 0. The third kappa shape index (κ3) is 6.28. The van der Waals surface area contributed by atoms with Gasteiger partial charge in [0.25, 0.3) is 0 Å². The van der Waals surface area contributed by atoms with E-state index in [1.807, 2.05) is 11.8 Å². The van der Waals surface area contributed by atoms with E-state index in [9.17, 15) is 18.0 Å². The van der Waals surface area contributed by atoms with Crippen LogP contribution in [0.2, 0.25) is 0 Å². The third-order valence-electron chi connectivity index (χ3n) is 5.26. The summed E-state index contributed by atoms with van der Waals surface area (Å²) in [6.07, 6.45) is -0.207. The van der Waals surface area contributed by atoms with Crippen molar-refractivity contribution in [2.75, 3.05) is 43.6 Å². The molecule has 2 aromatic heterocycles. The lowest BCUT2D eigenvalue weighted by atomic mass is 10.1. The van der Waals surface area contributed by atoms with Crippen LogP contribution in [-0.2, 0) is 4.74 Å². The second-order valence-electron chi connectivity index (χ2n) is 7.82. The van der Waals surface area contributed by atoms with Crippen LogP contribution in [0.15, 0.2) is 34.0 Å². The van der Waals surface area contributed by atoms with Gasteiger partial charge in [0.15, 0.2) is 22.9 Å². The second-order valence-corrected chi connectivity index (χ2v) is 7.82. The Morgan fingerprint density at radius 2 is 1.97 bits per heavy atom. The predicted octanol–water partition coefficient (Wildman–Crippen LogP) is 4.80. The second kappa shape index (κ2) is 11.4. The zero-order valence-corrected chi connectivity index (χ0v) is 19.6. The number of anilines is 2. The van der Waals surface area contributed by atoms with E-state index >= 15 is 0 Å². The van der Waals surface area contributed by atoms with Crippen LogP contribution in [-0.4, -0.2) is 55.3 Å². The fraction of sp³-hybridized carbons (Fsp3) is 0.522. The smallest absolute Gasteiger partial charge is 0.416 e. The number of ether oxygens (including phenoxy) is 1. The number of allylic oxidation sites excluding steroid dienone is 3. The van der Waals surface area contributed by atoms with Crippen LogP contribution >= 0.6 is 0 Å². The van der Waals surface area contributed by atoms with Crippen molar-refractivity contribution in [3.8, 4) is 0 Å². The number of carbonyl (C=O) groups excluding carboxylic acids is 1. The van der Waals surface area contributed by atoms with Crippen LogP contribution in [0.3, 0.4) is 0 Å². The van der Waals surface area contributed by atoms with Crippen LogP contribution in [0.25, 0.3) is 11.1 Å². The molecular weight excluding hydrogens is 451 g/mol. The van der Waals surface area contributed by atoms with Crippen molar-refractivity contribution in [1.29, 1.82) is 0 Å². The molecule has 34 heavy (non-hydrogen) atoms. The largest absolute Gasteiger partial charge is 0.447 e. The molecule has 0 radical (unpaired) electrons. The molecule has 3 rings (SSSR count). The molecule has 0 unspecified atom stereocenters. The van der Waals surface area contributed by atoms with Crippen LogP contribution in [0.5, 0.6) is 0 Å². The monoisotopic (exact) mass is 481 g/mol. The highest BCUT2D eigenvalue weighted by Crippen LogP contribution is 2.31. The highest BCUT2D eigenvalue weighted by Gasteiger charge is 2.32. The minimum absolute atomic E-state index is 0.0760. The normalized spacial score (nSPS) is 15.6. The number of morpholine rings is 1. The molecule has 2 N–H and O–H groups in total. The molecule has 3 heterocycles. The van der Waals surface area contributed by atoms with E-state index in [0.29, 0.717) is 49.6 Å². The number of unbranched alkanes of at least 4 members (excludes halogenated alkanes) is 1. The molecule has 186 valence electrons. The van der Waals surface area contributed by atoms with Crippen molar-refractivity contribution < 1.29 is 27.1 Å². The molecule has 0 aromatic carbocycles. The zero-order chi connectivity index (χ0) is 24.7. The first-order valence-electron chi connectivity index (χ1n) is 11.4. The quantitative estimate of drug-likeness (QED) is 0.369. The molecule has 0 atom stereocenters. The van der Waals surface area contributed by atoms with Crippen molar-refractivity contribution >= 4 is 28.6 Å². The minimum Gasteiger partial charge on any atom is -0.447 e. The number of Topliss-reactive ketones (excluding diaryl/α,β-unsaturated/α-hetero) is 1. The van der Waals surface area contributed by atoms with Crippen LogP contribution in [0, 0.1) is 0 Å². The maximum Gasteiger partial charge on any atom is 0.416 e. The lowest BCUT2D eigenvalue weighted by Crippen LogP contribution is -2.37. The van der Waals surface area contributed by atoms with Gasteiger partial charge in [0.2, 0.25) is 5.95 Å². The first kappa shape index (κ1) is 25.5. The van der Waals surface area contributed by atoms with Crippen LogP contribution in [0.1, 0.15) is 50.1 Å². The Hall–Kier alpha value is -3.08. The molecule has 1 aliphatic heterocycles. The Morgan fingerprint density at radius 1 is 1.24 bits per heavy atom. The van der Waals surface area contributed by atoms with Gasteiger partial charge in [-0.1, -0.05) is 26.3 Å². The van der Waals surface area contributed by atoms with Gasteiger partial charge in [-0.25, -0.2) is 4.98 Å². The van der Waals surface area contributed by atoms with Crippen LogP contribution in [0.4, 0.5) is 24.9 Å². The van der Waals surface area contributed by atoms with Gasteiger partial charge in [-0.15, -0.1) is 0 Å². The molecule has 2 aromatic rings. The van der Waals surface area contributed by atoms with E-state index in [4.69, 9.17) is 9.15 Å².